The number of benzene rings is 2. The first-order valence-electron chi connectivity index (χ1n) is 10.2. The van der Waals surface area contributed by atoms with Gasteiger partial charge in [0.2, 0.25) is 10.9 Å². The lowest BCUT2D eigenvalue weighted by Gasteiger charge is -2.23. The Morgan fingerprint density at radius 1 is 1.14 bits per heavy atom. The van der Waals surface area contributed by atoms with Crippen LogP contribution in [-0.2, 0) is 10.5 Å². The molecule has 3 heterocycles. The van der Waals surface area contributed by atoms with E-state index in [1.807, 2.05) is 18.2 Å². The summed E-state index contributed by atoms with van der Waals surface area (Å²) in [4.78, 5) is 27.5. The molecule has 0 saturated heterocycles. The second-order valence-electron chi connectivity index (χ2n) is 7.43. The molecular formula is C24H15ClFN3O4S2. The highest BCUT2D eigenvalue weighted by molar-refractivity contribution is 8.00. The Bertz CT molecular complexity index is 1440. The predicted octanol–water partition coefficient (Wildman–Crippen LogP) is 6.00. The van der Waals surface area contributed by atoms with E-state index in [1.54, 1.807) is 6.07 Å². The van der Waals surface area contributed by atoms with Gasteiger partial charge in [-0.15, -0.1) is 10.2 Å². The highest BCUT2D eigenvalue weighted by Crippen LogP contribution is 2.44. The summed E-state index contributed by atoms with van der Waals surface area (Å²) in [6.07, 6.45) is 1.32. The summed E-state index contributed by atoms with van der Waals surface area (Å²) >= 11 is 8.74. The number of anilines is 1. The maximum absolute atomic E-state index is 13.6. The van der Waals surface area contributed by atoms with Crippen LogP contribution in [0.1, 0.15) is 27.7 Å². The predicted molar refractivity (Wildman–Crippen MR) is 130 cm³/mol. The molecule has 1 N–H and O–H groups in total. The van der Waals surface area contributed by atoms with E-state index < -0.39 is 29.3 Å². The molecule has 1 aliphatic heterocycles. The van der Waals surface area contributed by atoms with E-state index >= 15 is 0 Å². The van der Waals surface area contributed by atoms with E-state index in [4.69, 9.17) is 16.0 Å². The number of carbonyl (C=O) groups excluding carboxylic acids is 2. The van der Waals surface area contributed by atoms with Crippen LogP contribution in [0.25, 0.3) is 0 Å². The maximum Gasteiger partial charge on any atom is 0.296 e. The number of Topliss-reactive ketones (excluding diaryl/α,β-unsaturated/α-hetero) is 1. The second kappa shape index (κ2) is 9.65. The number of rotatable bonds is 7. The number of thioether (sulfide) groups is 1. The van der Waals surface area contributed by atoms with Gasteiger partial charge in [0.25, 0.3) is 5.91 Å². The van der Waals surface area contributed by atoms with Gasteiger partial charge < -0.3 is 9.52 Å². The SMILES string of the molecule is O=C(C1=C(O)C(=O)N(c2nnc(SCc3ccccc3Cl)s2)C1c1ccc(F)cc1)c1ccco1. The quantitative estimate of drug-likeness (QED) is 0.179. The maximum atomic E-state index is 13.6. The Labute approximate surface area is 211 Å². The van der Waals surface area contributed by atoms with Gasteiger partial charge in [0.1, 0.15) is 5.82 Å². The van der Waals surface area contributed by atoms with Crippen molar-refractivity contribution in [1.82, 2.24) is 10.2 Å². The smallest absolute Gasteiger partial charge is 0.296 e. The lowest BCUT2D eigenvalue weighted by Crippen LogP contribution is -2.31. The van der Waals surface area contributed by atoms with Gasteiger partial charge in [-0.3, -0.25) is 14.5 Å². The van der Waals surface area contributed by atoms with Crippen LogP contribution in [0.5, 0.6) is 0 Å². The Balaban J connectivity index is 1.49. The largest absolute Gasteiger partial charge is 0.503 e. The van der Waals surface area contributed by atoms with E-state index in [-0.39, 0.29) is 16.5 Å². The second-order valence-corrected chi connectivity index (χ2v) is 10.0. The molecule has 0 spiro atoms. The first kappa shape index (κ1) is 23.3. The Morgan fingerprint density at radius 3 is 2.63 bits per heavy atom. The van der Waals surface area contributed by atoms with Crippen molar-refractivity contribution in [3.63, 3.8) is 0 Å². The van der Waals surface area contributed by atoms with Crippen LogP contribution in [0.2, 0.25) is 5.02 Å². The number of ketones is 1. The zero-order chi connectivity index (χ0) is 24.5. The Morgan fingerprint density at radius 2 is 1.91 bits per heavy atom. The van der Waals surface area contributed by atoms with Crippen LogP contribution in [0.3, 0.4) is 0 Å². The first-order valence-corrected chi connectivity index (χ1v) is 12.4. The van der Waals surface area contributed by atoms with Crippen molar-refractivity contribution < 1.29 is 23.5 Å². The standard InChI is InChI=1S/C24H15ClFN3O4S2/c25-16-5-2-1-4-14(16)12-34-24-28-27-23(35-24)29-19(13-7-9-15(26)10-8-13)18(21(31)22(29)32)20(30)17-6-3-11-33-17/h1-11,19,31H,12H2. The van der Waals surface area contributed by atoms with Gasteiger partial charge in [-0.05, 0) is 41.5 Å². The molecule has 0 bridgehead atoms. The van der Waals surface area contributed by atoms with Gasteiger partial charge in [-0.25, -0.2) is 4.39 Å². The lowest BCUT2D eigenvalue weighted by atomic mass is 9.95. The van der Waals surface area contributed by atoms with Crippen molar-refractivity contribution in [3.05, 3.63) is 106 Å². The average Bonchev–Trinajstić information content (AvgIpc) is 3.60. The van der Waals surface area contributed by atoms with Crippen molar-refractivity contribution in [2.45, 2.75) is 16.1 Å². The van der Waals surface area contributed by atoms with Gasteiger partial charge in [-0.1, -0.05) is 65.0 Å². The molecule has 1 unspecified atom stereocenters. The normalized spacial score (nSPS) is 15.8. The first-order chi connectivity index (χ1) is 16.9. The molecule has 2 aromatic heterocycles. The highest BCUT2D eigenvalue weighted by atomic mass is 35.5. The molecule has 1 amide bonds. The molecule has 35 heavy (non-hydrogen) atoms. The van der Waals surface area contributed by atoms with Crippen LogP contribution >= 0.6 is 34.7 Å². The zero-order valence-electron chi connectivity index (χ0n) is 17.7. The zero-order valence-corrected chi connectivity index (χ0v) is 20.1. The van der Waals surface area contributed by atoms with Crippen molar-refractivity contribution >= 4 is 51.5 Å². The molecule has 1 aliphatic rings. The average molecular weight is 528 g/mol. The van der Waals surface area contributed by atoms with Crippen LogP contribution in [0.15, 0.2) is 87.0 Å². The highest BCUT2D eigenvalue weighted by Gasteiger charge is 2.46. The summed E-state index contributed by atoms with van der Waals surface area (Å²) in [6.45, 7) is 0. The molecule has 0 aliphatic carbocycles. The number of aliphatic hydroxyl groups excluding tert-OH is 1. The molecule has 0 saturated carbocycles. The number of furan rings is 1. The minimum atomic E-state index is -1.05. The molecular weight excluding hydrogens is 513 g/mol. The van der Waals surface area contributed by atoms with E-state index in [0.717, 1.165) is 16.9 Å². The van der Waals surface area contributed by atoms with Crippen molar-refractivity contribution in [2.75, 3.05) is 4.90 Å². The van der Waals surface area contributed by atoms with E-state index in [2.05, 4.69) is 10.2 Å². The monoisotopic (exact) mass is 527 g/mol. The van der Waals surface area contributed by atoms with Crippen molar-refractivity contribution in [3.8, 4) is 0 Å². The van der Waals surface area contributed by atoms with Crippen molar-refractivity contribution in [1.29, 1.82) is 0 Å². The van der Waals surface area contributed by atoms with Gasteiger partial charge >= 0.3 is 0 Å². The number of carbonyl (C=O) groups is 2. The van der Waals surface area contributed by atoms with Gasteiger partial charge in [-0.2, -0.15) is 0 Å². The van der Waals surface area contributed by atoms with Crippen LogP contribution in [-0.4, -0.2) is 27.0 Å². The van der Waals surface area contributed by atoms with Gasteiger partial charge in [0.05, 0.1) is 17.9 Å². The molecule has 0 fully saturated rings. The number of hydrogen-bond donors (Lipinski definition) is 1. The summed E-state index contributed by atoms with van der Waals surface area (Å²) in [5.41, 5.74) is 1.15. The molecule has 4 aromatic rings. The molecule has 2 aromatic carbocycles. The number of amides is 1. The lowest BCUT2D eigenvalue weighted by molar-refractivity contribution is -0.117. The number of halogens is 2. The topological polar surface area (TPSA) is 96.5 Å². The third kappa shape index (κ3) is 4.47. The fourth-order valence-corrected chi connectivity index (χ4v) is 5.80. The number of hydrogen-bond acceptors (Lipinski definition) is 8. The van der Waals surface area contributed by atoms with Crippen molar-refractivity contribution in [2.24, 2.45) is 0 Å². The summed E-state index contributed by atoms with van der Waals surface area (Å²) in [7, 11) is 0. The van der Waals surface area contributed by atoms with E-state index in [9.17, 15) is 19.1 Å². The van der Waals surface area contributed by atoms with Crippen LogP contribution in [0.4, 0.5) is 9.52 Å². The summed E-state index contributed by atoms with van der Waals surface area (Å²) < 4.78 is 19.4. The fourth-order valence-electron chi connectivity index (χ4n) is 3.65. The summed E-state index contributed by atoms with van der Waals surface area (Å²) in [5, 5.41) is 19.8. The van der Waals surface area contributed by atoms with E-state index in [0.29, 0.717) is 20.7 Å². The van der Waals surface area contributed by atoms with Gasteiger partial charge in [0.15, 0.2) is 15.9 Å². The van der Waals surface area contributed by atoms with Crippen LogP contribution in [0, 0.1) is 5.82 Å². The third-order valence-electron chi connectivity index (χ3n) is 5.29. The van der Waals surface area contributed by atoms with Gasteiger partial charge in [0, 0.05) is 10.8 Å². The third-order valence-corrected chi connectivity index (χ3v) is 7.77. The molecule has 1 atom stereocenters. The number of aromatic nitrogens is 2. The molecule has 11 heteroatoms. The Kier molecular flexibility index (Phi) is 6.42. The summed E-state index contributed by atoms with van der Waals surface area (Å²) in [6, 6.07) is 14.7. The fraction of sp³-hybridized carbons (Fsp3) is 0.0833. The Hall–Kier alpha value is -3.47. The molecule has 5 rings (SSSR count). The molecule has 7 nitrogen and oxygen atoms in total. The summed E-state index contributed by atoms with van der Waals surface area (Å²) in [5.74, 6) is -2.17. The minimum Gasteiger partial charge on any atom is -0.503 e. The minimum absolute atomic E-state index is 0.0402. The number of nitrogens with zero attached hydrogens (tertiary/aromatic N) is 3. The number of aliphatic hydroxyl groups is 1. The van der Waals surface area contributed by atoms with Crippen LogP contribution < -0.4 is 4.90 Å². The molecule has 0 radical (unpaired) electrons. The van der Waals surface area contributed by atoms with E-state index in [1.165, 1.54) is 59.3 Å². The molecule has 176 valence electrons.